The van der Waals surface area contributed by atoms with Gasteiger partial charge in [-0.1, -0.05) is 48.5 Å². The minimum absolute atomic E-state index is 0.00758. The van der Waals surface area contributed by atoms with Crippen molar-refractivity contribution >= 4 is 22.8 Å². The highest BCUT2D eigenvalue weighted by atomic mass is 16.5. The van der Waals surface area contributed by atoms with E-state index in [9.17, 15) is 9.59 Å². The van der Waals surface area contributed by atoms with Gasteiger partial charge in [0.1, 0.15) is 0 Å². The third-order valence-electron chi connectivity index (χ3n) is 4.49. The normalized spacial score (nSPS) is 11.0. The van der Waals surface area contributed by atoms with E-state index in [1.54, 1.807) is 0 Å². The molecule has 1 heterocycles. The van der Waals surface area contributed by atoms with Gasteiger partial charge in [-0.2, -0.15) is 0 Å². The second-order valence-corrected chi connectivity index (χ2v) is 7.11. The Kier molecular flexibility index (Phi) is 6.48. The van der Waals surface area contributed by atoms with Gasteiger partial charge in [0, 0.05) is 23.1 Å². The molecular weight excluding hydrogens is 352 g/mol. The van der Waals surface area contributed by atoms with Crippen molar-refractivity contribution in [3.05, 3.63) is 71.4 Å². The number of hydrogen-bond acceptors (Lipinski definition) is 3. The Morgan fingerprint density at radius 2 is 1.71 bits per heavy atom. The number of para-hydroxylation sites is 1. The summed E-state index contributed by atoms with van der Waals surface area (Å²) in [7, 11) is 0. The van der Waals surface area contributed by atoms with Crippen LogP contribution in [0.4, 0.5) is 0 Å². The molecule has 0 saturated heterocycles. The first-order chi connectivity index (χ1) is 13.5. The molecule has 1 amide bonds. The highest BCUT2D eigenvalue weighted by Crippen LogP contribution is 2.23. The molecule has 2 N–H and O–H groups in total. The summed E-state index contributed by atoms with van der Waals surface area (Å²) >= 11 is 0. The van der Waals surface area contributed by atoms with Gasteiger partial charge in [-0.25, -0.2) is 0 Å². The van der Waals surface area contributed by atoms with Crippen molar-refractivity contribution < 1.29 is 14.3 Å². The Labute approximate surface area is 165 Å². The van der Waals surface area contributed by atoms with Crippen LogP contribution in [0.5, 0.6) is 0 Å². The number of H-pyrrole nitrogens is 1. The largest absolute Gasteiger partial charge is 0.463 e. The number of aromatic amines is 1. The molecule has 1 aromatic heterocycles. The van der Waals surface area contributed by atoms with Crippen molar-refractivity contribution in [2.75, 3.05) is 6.54 Å². The standard InChI is InChI=1S/C23H26N2O3/c1-16(2)28-23(27)15-21-19(18-10-6-7-11-20(18)25-21)12-13-24-22(26)14-17-8-4-3-5-9-17/h3-11,16,25H,12-15H2,1-2H3,(H,24,26). The number of ether oxygens (including phenoxy) is 1. The fourth-order valence-electron chi connectivity index (χ4n) is 3.31. The lowest BCUT2D eigenvalue weighted by Gasteiger charge is -2.09. The van der Waals surface area contributed by atoms with Gasteiger partial charge in [0.2, 0.25) is 5.91 Å². The number of amides is 1. The molecule has 5 nitrogen and oxygen atoms in total. The topological polar surface area (TPSA) is 71.2 Å². The van der Waals surface area contributed by atoms with E-state index in [1.807, 2.05) is 68.4 Å². The number of carbonyl (C=O) groups is 2. The van der Waals surface area contributed by atoms with E-state index >= 15 is 0 Å². The third-order valence-corrected chi connectivity index (χ3v) is 4.49. The molecule has 0 aliphatic rings. The van der Waals surface area contributed by atoms with Crippen LogP contribution >= 0.6 is 0 Å². The number of nitrogens with one attached hydrogen (secondary N) is 2. The fraction of sp³-hybridized carbons (Fsp3) is 0.304. The molecule has 0 aliphatic heterocycles. The maximum absolute atomic E-state index is 12.2. The van der Waals surface area contributed by atoms with Crippen LogP contribution in [0, 0.1) is 0 Å². The molecule has 2 aromatic carbocycles. The zero-order valence-corrected chi connectivity index (χ0v) is 16.3. The first-order valence-electron chi connectivity index (χ1n) is 9.61. The van der Waals surface area contributed by atoms with E-state index in [-0.39, 0.29) is 24.4 Å². The van der Waals surface area contributed by atoms with Gasteiger partial charge in [-0.05, 0) is 37.5 Å². The summed E-state index contributed by atoms with van der Waals surface area (Å²) < 4.78 is 5.29. The number of aromatic nitrogens is 1. The van der Waals surface area contributed by atoms with Crippen LogP contribution in [0.1, 0.15) is 30.7 Å². The molecule has 0 unspecified atom stereocenters. The lowest BCUT2D eigenvalue weighted by molar-refractivity contribution is -0.146. The smallest absolute Gasteiger partial charge is 0.312 e. The summed E-state index contributed by atoms with van der Waals surface area (Å²) in [5, 5.41) is 4.05. The van der Waals surface area contributed by atoms with Crippen molar-refractivity contribution in [1.82, 2.24) is 10.3 Å². The van der Waals surface area contributed by atoms with E-state index in [2.05, 4.69) is 10.3 Å². The second kappa shape index (κ2) is 9.22. The number of esters is 1. The van der Waals surface area contributed by atoms with Crippen molar-refractivity contribution in [3.8, 4) is 0 Å². The molecule has 3 rings (SSSR count). The molecule has 0 fully saturated rings. The van der Waals surface area contributed by atoms with Crippen molar-refractivity contribution in [3.63, 3.8) is 0 Å². The number of fused-ring (bicyclic) bond motifs is 1. The maximum atomic E-state index is 12.2. The SMILES string of the molecule is CC(C)OC(=O)Cc1[nH]c2ccccc2c1CCNC(=O)Cc1ccccc1. The van der Waals surface area contributed by atoms with E-state index in [0.29, 0.717) is 19.4 Å². The lowest BCUT2D eigenvalue weighted by Crippen LogP contribution is -2.27. The fourth-order valence-corrected chi connectivity index (χ4v) is 3.31. The van der Waals surface area contributed by atoms with Gasteiger partial charge in [0.05, 0.1) is 18.9 Å². The summed E-state index contributed by atoms with van der Waals surface area (Å²) in [4.78, 5) is 27.7. The van der Waals surface area contributed by atoms with Gasteiger partial charge in [-0.15, -0.1) is 0 Å². The van der Waals surface area contributed by atoms with E-state index in [0.717, 1.165) is 27.7 Å². The number of carbonyl (C=O) groups excluding carboxylic acids is 2. The Bertz CT molecular complexity index is 945. The zero-order chi connectivity index (χ0) is 19.9. The molecule has 0 radical (unpaired) electrons. The predicted molar refractivity (Wildman–Crippen MR) is 110 cm³/mol. The van der Waals surface area contributed by atoms with E-state index in [4.69, 9.17) is 4.74 Å². The molecule has 28 heavy (non-hydrogen) atoms. The Morgan fingerprint density at radius 3 is 2.46 bits per heavy atom. The van der Waals surface area contributed by atoms with Crippen molar-refractivity contribution in [2.24, 2.45) is 0 Å². The minimum atomic E-state index is -0.254. The molecule has 5 heteroatoms. The van der Waals surface area contributed by atoms with Crippen LogP contribution < -0.4 is 5.32 Å². The van der Waals surface area contributed by atoms with Gasteiger partial charge < -0.3 is 15.0 Å². The Morgan fingerprint density at radius 1 is 1.00 bits per heavy atom. The van der Waals surface area contributed by atoms with Crippen molar-refractivity contribution in [1.29, 1.82) is 0 Å². The molecule has 0 aliphatic carbocycles. The quantitative estimate of drug-likeness (QED) is 0.589. The maximum Gasteiger partial charge on any atom is 0.312 e. The Balaban J connectivity index is 1.66. The van der Waals surface area contributed by atoms with Crippen LogP contribution in [0.2, 0.25) is 0 Å². The van der Waals surface area contributed by atoms with Crippen LogP contribution in [0.3, 0.4) is 0 Å². The number of benzene rings is 2. The summed E-state index contributed by atoms with van der Waals surface area (Å²) in [6.45, 7) is 4.19. The molecule has 0 atom stereocenters. The molecule has 0 saturated carbocycles. The van der Waals surface area contributed by atoms with E-state index < -0.39 is 0 Å². The van der Waals surface area contributed by atoms with Crippen LogP contribution in [-0.2, 0) is 33.6 Å². The molecular formula is C23H26N2O3. The first-order valence-corrected chi connectivity index (χ1v) is 9.61. The van der Waals surface area contributed by atoms with Crippen molar-refractivity contribution in [2.45, 2.75) is 39.2 Å². The van der Waals surface area contributed by atoms with Gasteiger partial charge in [0.15, 0.2) is 0 Å². The average Bonchev–Trinajstić information content (AvgIpc) is 2.99. The predicted octanol–water partition coefficient (Wildman–Crippen LogP) is 3.56. The summed E-state index contributed by atoms with van der Waals surface area (Å²) in [5.74, 6) is -0.261. The average molecular weight is 378 g/mol. The van der Waals surface area contributed by atoms with Gasteiger partial charge in [-0.3, -0.25) is 9.59 Å². The van der Waals surface area contributed by atoms with Gasteiger partial charge >= 0.3 is 5.97 Å². The summed E-state index contributed by atoms with van der Waals surface area (Å²) in [5.41, 5.74) is 3.88. The summed E-state index contributed by atoms with van der Waals surface area (Å²) in [6.07, 6.45) is 1.06. The zero-order valence-electron chi connectivity index (χ0n) is 16.3. The molecule has 0 spiro atoms. The highest BCUT2D eigenvalue weighted by molar-refractivity contribution is 5.86. The lowest BCUT2D eigenvalue weighted by atomic mass is 10.1. The van der Waals surface area contributed by atoms with Crippen LogP contribution in [-0.4, -0.2) is 29.5 Å². The van der Waals surface area contributed by atoms with E-state index in [1.165, 1.54) is 0 Å². The monoisotopic (exact) mass is 378 g/mol. The number of rotatable bonds is 8. The van der Waals surface area contributed by atoms with Crippen LogP contribution in [0.25, 0.3) is 10.9 Å². The van der Waals surface area contributed by atoms with Gasteiger partial charge in [0.25, 0.3) is 0 Å². The molecule has 146 valence electrons. The highest BCUT2D eigenvalue weighted by Gasteiger charge is 2.16. The summed E-state index contributed by atoms with van der Waals surface area (Å²) in [6, 6.07) is 17.6. The minimum Gasteiger partial charge on any atom is -0.463 e. The molecule has 3 aromatic rings. The molecule has 0 bridgehead atoms. The first kappa shape index (κ1) is 19.7. The number of hydrogen-bond donors (Lipinski definition) is 2. The second-order valence-electron chi connectivity index (χ2n) is 7.11. The third kappa shape index (κ3) is 5.22. The van der Waals surface area contributed by atoms with Crippen LogP contribution in [0.15, 0.2) is 54.6 Å². The Hall–Kier alpha value is -3.08.